The van der Waals surface area contributed by atoms with E-state index in [9.17, 15) is 9.59 Å². The Morgan fingerprint density at radius 2 is 2.11 bits per heavy atom. The molecule has 0 spiro atoms. The number of nitrogens with one attached hydrogen (secondary N) is 2. The summed E-state index contributed by atoms with van der Waals surface area (Å²) in [4.78, 5) is 22.3. The van der Waals surface area contributed by atoms with Crippen molar-refractivity contribution < 1.29 is 19.4 Å². The van der Waals surface area contributed by atoms with Crippen LogP contribution in [0.5, 0.6) is 0 Å². The summed E-state index contributed by atoms with van der Waals surface area (Å²) in [5, 5.41) is 14.4. The molecule has 2 atom stereocenters. The molecule has 0 aliphatic heterocycles. The minimum Gasteiger partial charge on any atom is -0.481 e. The minimum atomic E-state index is -0.769. The summed E-state index contributed by atoms with van der Waals surface area (Å²) in [7, 11) is 0. The van der Waals surface area contributed by atoms with Gasteiger partial charge < -0.3 is 20.5 Å². The Morgan fingerprint density at radius 3 is 2.74 bits per heavy atom. The summed E-state index contributed by atoms with van der Waals surface area (Å²) in [6, 6.07) is -0.266. The van der Waals surface area contributed by atoms with Gasteiger partial charge in [0, 0.05) is 19.2 Å². The molecule has 3 N–H and O–H groups in total. The number of aliphatic carboxylic acids is 1. The second-order valence-corrected chi connectivity index (χ2v) is 4.91. The molecule has 1 aliphatic rings. The number of unbranched alkanes of at least 4 members (excludes halogenated alkanes) is 1. The fourth-order valence-corrected chi connectivity index (χ4v) is 2.16. The molecule has 0 saturated heterocycles. The van der Waals surface area contributed by atoms with Crippen LogP contribution in [0.15, 0.2) is 0 Å². The largest absolute Gasteiger partial charge is 0.481 e. The van der Waals surface area contributed by atoms with E-state index in [4.69, 9.17) is 9.84 Å². The SMILES string of the molecule is CCCCOCCNC(=O)N[C@H]1CC[C@@H](C(=O)O)C1. The standard InChI is InChI=1S/C13H24N2O4/c1-2-3-7-19-8-6-14-13(18)15-11-5-4-10(9-11)12(16)17/h10-11H,2-9H2,1H3,(H,16,17)(H2,14,15,18)/t10-,11+/m1/s1. The van der Waals surface area contributed by atoms with Crippen molar-refractivity contribution in [1.29, 1.82) is 0 Å². The lowest BCUT2D eigenvalue weighted by Gasteiger charge is -2.13. The molecule has 110 valence electrons. The van der Waals surface area contributed by atoms with E-state index in [1.165, 1.54) is 0 Å². The van der Waals surface area contributed by atoms with E-state index in [1.807, 2.05) is 0 Å². The van der Waals surface area contributed by atoms with Gasteiger partial charge in [0.2, 0.25) is 0 Å². The number of carbonyl (C=O) groups excluding carboxylic acids is 1. The average molecular weight is 272 g/mol. The van der Waals surface area contributed by atoms with Crippen molar-refractivity contribution in [3.05, 3.63) is 0 Å². The molecular formula is C13H24N2O4. The van der Waals surface area contributed by atoms with Crippen LogP contribution >= 0.6 is 0 Å². The van der Waals surface area contributed by atoms with Gasteiger partial charge in [-0.1, -0.05) is 13.3 Å². The molecular weight excluding hydrogens is 248 g/mol. The Hall–Kier alpha value is -1.30. The summed E-state index contributed by atoms with van der Waals surface area (Å²) in [5.41, 5.74) is 0. The summed E-state index contributed by atoms with van der Waals surface area (Å²) in [6.07, 6.45) is 4.03. The maximum atomic E-state index is 11.5. The van der Waals surface area contributed by atoms with Crippen molar-refractivity contribution >= 4 is 12.0 Å². The molecule has 1 fully saturated rings. The zero-order valence-electron chi connectivity index (χ0n) is 11.5. The summed E-state index contributed by atoms with van der Waals surface area (Å²) >= 11 is 0. The van der Waals surface area contributed by atoms with Crippen LogP contribution in [-0.2, 0) is 9.53 Å². The number of carbonyl (C=O) groups is 2. The van der Waals surface area contributed by atoms with Crippen LogP contribution in [0.4, 0.5) is 4.79 Å². The van der Waals surface area contributed by atoms with E-state index in [0.29, 0.717) is 26.0 Å². The lowest BCUT2D eigenvalue weighted by atomic mass is 10.1. The topological polar surface area (TPSA) is 87.7 Å². The normalized spacial score (nSPS) is 22.2. The molecule has 0 aromatic rings. The van der Waals surface area contributed by atoms with Crippen molar-refractivity contribution in [2.75, 3.05) is 19.8 Å². The molecule has 6 heteroatoms. The number of urea groups is 1. The first-order chi connectivity index (χ1) is 9.13. The number of carboxylic acid groups (broad SMARTS) is 1. The number of amides is 2. The molecule has 1 rings (SSSR count). The highest BCUT2D eigenvalue weighted by Crippen LogP contribution is 2.25. The lowest BCUT2D eigenvalue weighted by Crippen LogP contribution is -2.42. The molecule has 0 heterocycles. The van der Waals surface area contributed by atoms with Gasteiger partial charge in [-0.15, -0.1) is 0 Å². The van der Waals surface area contributed by atoms with Gasteiger partial charge >= 0.3 is 12.0 Å². The van der Waals surface area contributed by atoms with Crippen LogP contribution in [0.25, 0.3) is 0 Å². The first-order valence-electron chi connectivity index (χ1n) is 6.98. The first-order valence-corrected chi connectivity index (χ1v) is 6.98. The molecule has 1 saturated carbocycles. The highest BCUT2D eigenvalue weighted by molar-refractivity contribution is 5.75. The lowest BCUT2D eigenvalue weighted by molar-refractivity contribution is -0.141. The molecule has 0 unspecified atom stereocenters. The van der Waals surface area contributed by atoms with Gasteiger partial charge in [-0.2, -0.15) is 0 Å². The highest BCUT2D eigenvalue weighted by atomic mass is 16.5. The fourth-order valence-electron chi connectivity index (χ4n) is 2.16. The van der Waals surface area contributed by atoms with Gasteiger partial charge in [0.15, 0.2) is 0 Å². The number of hydrogen-bond acceptors (Lipinski definition) is 3. The van der Waals surface area contributed by atoms with E-state index in [-0.39, 0.29) is 18.0 Å². The quantitative estimate of drug-likeness (QED) is 0.582. The molecule has 19 heavy (non-hydrogen) atoms. The number of rotatable bonds is 8. The monoisotopic (exact) mass is 272 g/mol. The van der Waals surface area contributed by atoms with Gasteiger partial charge in [0.1, 0.15) is 0 Å². The number of hydrogen-bond donors (Lipinski definition) is 3. The maximum Gasteiger partial charge on any atom is 0.315 e. The third-order valence-corrected chi connectivity index (χ3v) is 3.29. The van der Waals surface area contributed by atoms with Crippen LogP contribution in [0.2, 0.25) is 0 Å². The zero-order chi connectivity index (χ0) is 14.1. The van der Waals surface area contributed by atoms with E-state index < -0.39 is 5.97 Å². The van der Waals surface area contributed by atoms with Gasteiger partial charge in [-0.25, -0.2) is 4.79 Å². The van der Waals surface area contributed by atoms with Crippen LogP contribution in [0.1, 0.15) is 39.0 Å². The molecule has 0 radical (unpaired) electrons. The summed E-state index contributed by atoms with van der Waals surface area (Å²) < 4.78 is 5.32. The van der Waals surface area contributed by atoms with E-state index in [2.05, 4.69) is 17.6 Å². The highest BCUT2D eigenvalue weighted by Gasteiger charge is 2.30. The molecule has 2 amide bonds. The number of ether oxygens (including phenoxy) is 1. The Morgan fingerprint density at radius 1 is 1.32 bits per heavy atom. The van der Waals surface area contributed by atoms with Crippen LogP contribution < -0.4 is 10.6 Å². The first kappa shape index (κ1) is 15.8. The van der Waals surface area contributed by atoms with Crippen molar-refractivity contribution in [1.82, 2.24) is 10.6 Å². The molecule has 0 aromatic carbocycles. The Balaban J connectivity index is 2.04. The second kappa shape index (κ2) is 8.74. The molecule has 1 aliphatic carbocycles. The third-order valence-electron chi connectivity index (χ3n) is 3.29. The van der Waals surface area contributed by atoms with Gasteiger partial charge in [-0.05, 0) is 25.7 Å². The predicted octanol–water partition coefficient (Wildman–Crippen LogP) is 1.36. The van der Waals surface area contributed by atoms with Gasteiger partial charge in [-0.3, -0.25) is 4.79 Å². The average Bonchev–Trinajstić information content (AvgIpc) is 2.82. The molecule has 6 nitrogen and oxygen atoms in total. The van der Waals surface area contributed by atoms with Crippen molar-refractivity contribution in [2.24, 2.45) is 5.92 Å². The maximum absolute atomic E-state index is 11.5. The minimum absolute atomic E-state index is 0.0258. The predicted molar refractivity (Wildman–Crippen MR) is 71.0 cm³/mol. The Labute approximate surface area is 113 Å². The summed E-state index contributed by atoms with van der Waals surface area (Å²) in [5.74, 6) is -1.09. The van der Waals surface area contributed by atoms with Crippen molar-refractivity contribution in [3.8, 4) is 0 Å². The number of carboxylic acids is 1. The Kier molecular flexibility index (Phi) is 7.25. The van der Waals surface area contributed by atoms with E-state index >= 15 is 0 Å². The molecule has 0 aromatic heterocycles. The van der Waals surface area contributed by atoms with E-state index in [1.54, 1.807) is 0 Å². The van der Waals surface area contributed by atoms with Crippen molar-refractivity contribution in [2.45, 2.75) is 45.1 Å². The Bertz CT molecular complexity index is 296. The smallest absolute Gasteiger partial charge is 0.315 e. The van der Waals surface area contributed by atoms with Crippen molar-refractivity contribution in [3.63, 3.8) is 0 Å². The zero-order valence-corrected chi connectivity index (χ0v) is 11.5. The van der Waals surface area contributed by atoms with Gasteiger partial charge in [0.05, 0.1) is 12.5 Å². The third kappa shape index (κ3) is 6.42. The van der Waals surface area contributed by atoms with Crippen LogP contribution in [0, 0.1) is 5.92 Å². The van der Waals surface area contributed by atoms with Crippen LogP contribution in [-0.4, -0.2) is 42.9 Å². The van der Waals surface area contributed by atoms with Crippen LogP contribution in [0.3, 0.4) is 0 Å². The molecule has 0 bridgehead atoms. The van der Waals surface area contributed by atoms with Gasteiger partial charge in [0.25, 0.3) is 0 Å². The van der Waals surface area contributed by atoms with E-state index in [0.717, 1.165) is 25.9 Å². The summed E-state index contributed by atoms with van der Waals surface area (Å²) in [6.45, 7) is 3.81. The second-order valence-electron chi connectivity index (χ2n) is 4.91. The fraction of sp³-hybridized carbons (Fsp3) is 0.846.